The molecule has 12 heteroatoms. The van der Waals surface area contributed by atoms with Gasteiger partial charge in [0.05, 0.1) is 18.1 Å². The van der Waals surface area contributed by atoms with Crippen molar-refractivity contribution in [2.75, 3.05) is 36.9 Å². The van der Waals surface area contributed by atoms with E-state index >= 15 is 0 Å². The molecule has 0 radical (unpaired) electrons. The van der Waals surface area contributed by atoms with E-state index < -0.39 is 11.0 Å². The van der Waals surface area contributed by atoms with E-state index in [1.165, 1.54) is 12.1 Å². The zero-order valence-electron chi connectivity index (χ0n) is 18.6. The maximum absolute atomic E-state index is 11.3. The fraction of sp³-hybridized carbons (Fsp3) is 0.217. The van der Waals surface area contributed by atoms with Crippen LogP contribution in [-0.2, 0) is 9.47 Å². The quantitative estimate of drug-likeness (QED) is 0.416. The summed E-state index contributed by atoms with van der Waals surface area (Å²) in [4.78, 5) is 30.0. The molecule has 0 amide bonds. The zero-order chi connectivity index (χ0) is 24.2. The maximum atomic E-state index is 11.3. The summed E-state index contributed by atoms with van der Waals surface area (Å²) in [7, 11) is 0. The Hall–Kier alpha value is -4.58. The molecular weight excluding hydrogens is 452 g/mol. The number of nitrogens with one attached hydrogen (secondary N) is 1. The number of ether oxygens (including phenoxy) is 2. The van der Waals surface area contributed by atoms with Crippen molar-refractivity contribution in [2.45, 2.75) is 6.10 Å². The topological polar surface area (TPSA) is 154 Å². The number of nitro groups is 1. The first-order valence-corrected chi connectivity index (χ1v) is 10.9. The van der Waals surface area contributed by atoms with Crippen molar-refractivity contribution in [3.63, 3.8) is 0 Å². The summed E-state index contributed by atoms with van der Waals surface area (Å²) < 4.78 is 11.4. The molecule has 3 aromatic rings. The molecular formula is C23H22N8O4. The molecule has 2 aromatic carbocycles. The largest absolute Gasteiger partial charge is 0.452 e. The molecule has 5 rings (SSSR count). The number of hydrogen-bond acceptors (Lipinski definition) is 10. The lowest BCUT2D eigenvalue weighted by atomic mass is 10.0. The summed E-state index contributed by atoms with van der Waals surface area (Å²) in [6.07, 6.45) is 1.21. The first kappa shape index (κ1) is 22.2. The van der Waals surface area contributed by atoms with Gasteiger partial charge in [-0.05, 0) is 11.6 Å². The average molecular weight is 474 g/mol. The van der Waals surface area contributed by atoms with E-state index in [-0.39, 0.29) is 23.6 Å². The Morgan fingerprint density at radius 2 is 1.89 bits per heavy atom. The normalized spacial score (nSPS) is 19.0. The van der Waals surface area contributed by atoms with Gasteiger partial charge < -0.3 is 25.4 Å². The molecule has 2 aliphatic rings. The summed E-state index contributed by atoms with van der Waals surface area (Å²) >= 11 is 0. The molecule has 0 saturated carbocycles. The van der Waals surface area contributed by atoms with Gasteiger partial charge in [0.1, 0.15) is 6.10 Å². The van der Waals surface area contributed by atoms with E-state index in [4.69, 9.17) is 15.2 Å². The Bertz CT molecular complexity index is 1290. The number of nitrogen functional groups attached to an aromatic ring is 1. The van der Waals surface area contributed by atoms with Crippen LogP contribution < -0.4 is 16.0 Å². The van der Waals surface area contributed by atoms with Gasteiger partial charge in [0.2, 0.25) is 11.9 Å². The Balaban J connectivity index is 1.51. The third-order valence-corrected chi connectivity index (χ3v) is 5.42. The van der Waals surface area contributed by atoms with E-state index in [1.54, 1.807) is 12.1 Å². The molecule has 0 aliphatic carbocycles. The number of benzene rings is 2. The monoisotopic (exact) mass is 474 g/mol. The standard InChI is InChI=1S/C23H22N8O4/c24-20-26-21(28-22(27-20)30-9-11-34-12-10-30)29-23-25-18(15-5-2-1-3-6-15)14-19(35-23)16-7-4-8-17(13-16)31(32)33/h1-8,13-14,19H,9-12H2,(H3,24,25,26,27,28,29). The Labute approximate surface area is 200 Å². The van der Waals surface area contributed by atoms with Crippen molar-refractivity contribution in [2.24, 2.45) is 4.99 Å². The predicted molar refractivity (Wildman–Crippen MR) is 129 cm³/mol. The van der Waals surface area contributed by atoms with Crippen molar-refractivity contribution in [3.05, 3.63) is 81.9 Å². The lowest BCUT2D eigenvalue weighted by Crippen LogP contribution is -2.37. The van der Waals surface area contributed by atoms with Crippen LogP contribution in [0.2, 0.25) is 0 Å². The zero-order valence-corrected chi connectivity index (χ0v) is 18.6. The SMILES string of the molecule is Nc1nc(/N=C2\NC(c3ccccc3)=CC(c3cccc([N+](=O)[O-])c3)O2)nc(N2CCOCC2)n1. The Morgan fingerprint density at radius 1 is 1.09 bits per heavy atom. The van der Waals surface area contributed by atoms with E-state index in [9.17, 15) is 10.1 Å². The van der Waals surface area contributed by atoms with Crippen LogP contribution >= 0.6 is 0 Å². The summed E-state index contributed by atoms with van der Waals surface area (Å²) in [6, 6.07) is 16.0. The number of aromatic nitrogens is 3. The number of morpholine rings is 1. The molecule has 1 atom stereocenters. The molecule has 0 spiro atoms. The first-order chi connectivity index (χ1) is 17.0. The highest BCUT2D eigenvalue weighted by atomic mass is 16.6. The van der Waals surface area contributed by atoms with Crippen LogP contribution in [0.3, 0.4) is 0 Å². The van der Waals surface area contributed by atoms with Crippen molar-refractivity contribution in [1.82, 2.24) is 20.3 Å². The summed E-state index contributed by atoms with van der Waals surface area (Å²) in [5.74, 6) is 0.518. The molecule has 1 fully saturated rings. The van der Waals surface area contributed by atoms with Crippen molar-refractivity contribution >= 4 is 35.3 Å². The molecule has 1 saturated heterocycles. The third kappa shape index (κ3) is 5.17. The number of nitro benzene ring substituents is 1. The van der Waals surface area contributed by atoms with Crippen molar-refractivity contribution in [1.29, 1.82) is 0 Å². The van der Waals surface area contributed by atoms with E-state index in [1.807, 2.05) is 41.3 Å². The van der Waals surface area contributed by atoms with Gasteiger partial charge in [-0.25, -0.2) is 0 Å². The minimum Gasteiger partial charge on any atom is -0.452 e. The molecule has 1 aromatic heterocycles. The first-order valence-electron chi connectivity index (χ1n) is 10.9. The van der Waals surface area contributed by atoms with Crippen molar-refractivity contribution in [3.8, 4) is 0 Å². The second-order valence-corrected chi connectivity index (χ2v) is 7.77. The lowest BCUT2D eigenvalue weighted by Gasteiger charge is -2.27. The number of anilines is 2. The maximum Gasteiger partial charge on any atom is 0.298 e. The van der Waals surface area contributed by atoms with Crippen molar-refractivity contribution < 1.29 is 14.4 Å². The van der Waals surface area contributed by atoms with Gasteiger partial charge in [0, 0.05) is 36.5 Å². The number of hydrogen-bond donors (Lipinski definition) is 2. The number of aliphatic imine (C=N–C) groups is 1. The highest BCUT2D eigenvalue weighted by molar-refractivity contribution is 5.88. The molecule has 12 nitrogen and oxygen atoms in total. The minimum atomic E-state index is -0.636. The van der Waals surface area contributed by atoms with Crippen LogP contribution in [0.15, 0.2) is 65.7 Å². The lowest BCUT2D eigenvalue weighted by molar-refractivity contribution is -0.385. The Kier molecular flexibility index (Phi) is 6.18. The fourth-order valence-electron chi connectivity index (χ4n) is 3.73. The molecule has 35 heavy (non-hydrogen) atoms. The number of non-ortho nitro benzene ring substituents is 1. The summed E-state index contributed by atoms with van der Waals surface area (Å²) in [5.41, 5.74) is 8.12. The summed E-state index contributed by atoms with van der Waals surface area (Å²) in [5, 5.41) is 14.4. The molecule has 0 bridgehead atoms. The van der Waals surface area contributed by atoms with Crippen LogP contribution in [-0.4, -0.2) is 52.2 Å². The van der Waals surface area contributed by atoms with E-state index in [0.29, 0.717) is 37.8 Å². The highest BCUT2D eigenvalue weighted by Gasteiger charge is 2.24. The van der Waals surface area contributed by atoms with Crippen LogP contribution in [0.1, 0.15) is 17.2 Å². The van der Waals surface area contributed by atoms with Gasteiger partial charge in [-0.15, -0.1) is 0 Å². The fourth-order valence-corrected chi connectivity index (χ4v) is 3.73. The van der Waals surface area contributed by atoms with Crippen LogP contribution in [0.4, 0.5) is 23.5 Å². The van der Waals surface area contributed by atoms with Gasteiger partial charge >= 0.3 is 0 Å². The van der Waals surface area contributed by atoms with Gasteiger partial charge in [-0.2, -0.15) is 19.9 Å². The van der Waals surface area contributed by atoms with Crippen LogP contribution in [0, 0.1) is 10.1 Å². The van der Waals surface area contributed by atoms with Gasteiger partial charge in [0.15, 0.2) is 0 Å². The molecule has 3 N–H and O–H groups in total. The third-order valence-electron chi connectivity index (χ3n) is 5.42. The molecule has 2 aliphatic heterocycles. The predicted octanol–water partition coefficient (Wildman–Crippen LogP) is 2.59. The molecule has 3 heterocycles. The van der Waals surface area contributed by atoms with Gasteiger partial charge in [-0.1, -0.05) is 42.5 Å². The number of nitrogens with two attached hydrogens (primary N) is 1. The van der Waals surface area contributed by atoms with Gasteiger partial charge in [0.25, 0.3) is 17.7 Å². The molecule has 178 valence electrons. The highest BCUT2D eigenvalue weighted by Crippen LogP contribution is 2.30. The molecule has 1 unspecified atom stereocenters. The average Bonchev–Trinajstić information content (AvgIpc) is 2.89. The number of rotatable bonds is 5. The van der Waals surface area contributed by atoms with E-state index in [2.05, 4.69) is 25.3 Å². The Morgan fingerprint density at radius 3 is 2.66 bits per heavy atom. The van der Waals surface area contributed by atoms with Crippen LogP contribution in [0.5, 0.6) is 0 Å². The second-order valence-electron chi connectivity index (χ2n) is 7.77. The number of amidine groups is 1. The number of nitrogens with zero attached hydrogens (tertiary/aromatic N) is 6. The summed E-state index contributed by atoms with van der Waals surface area (Å²) in [6.45, 7) is 2.39. The smallest absolute Gasteiger partial charge is 0.298 e. The van der Waals surface area contributed by atoms with E-state index in [0.717, 1.165) is 11.3 Å². The van der Waals surface area contributed by atoms with Gasteiger partial charge in [-0.3, -0.25) is 10.1 Å². The minimum absolute atomic E-state index is 0.0295. The second kappa shape index (κ2) is 9.73. The van der Waals surface area contributed by atoms with Crippen LogP contribution in [0.25, 0.3) is 5.70 Å².